The minimum absolute atomic E-state index is 0.157. The van der Waals surface area contributed by atoms with Crippen LogP contribution in [-0.4, -0.2) is 18.4 Å². The molecule has 0 bridgehead atoms. The third-order valence-corrected chi connectivity index (χ3v) is 3.97. The molecule has 0 aromatic heterocycles. The van der Waals surface area contributed by atoms with E-state index in [1.165, 1.54) is 0 Å². The zero-order valence-corrected chi connectivity index (χ0v) is 14.5. The molecule has 0 spiro atoms. The quantitative estimate of drug-likeness (QED) is 0.723. The lowest BCUT2D eigenvalue weighted by atomic mass is 10.0. The second-order valence-corrected chi connectivity index (χ2v) is 5.84. The number of rotatable bonds is 5. The predicted octanol–water partition coefficient (Wildman–Crippen LogP) is 4.36. The van der Waals surface area contributed by atoms with Gasteiger partial charge in [-0.25, -0.2) is 0 Å². The number of benzene rings is 3. The Morgan fingerprint density at radius 3 is 2.12 bits per heavy atom. The SMILES string of the molecule is CCNC(=O)c1cccc(NC(=O)c2ccc(-c3ccccc3)cc2)c1. The summed E-state index contributed by atoms with van der Waals surface area (Å²) in [4.78, 5) is 24.4. The van der Waals surface area contributed by atoms with E-state index in [4.69, 9.17) is 0 Å². The molecule has 0 atom stereocenters. The average Bonchev–Trinajstić information content (AvgIpc) is 2.69. The molecule has 0 radical (unpaired) electrons. The van der Waals surface area contributed by atoms with Gasteiger partial charge in [-0.15, -0.1) is 0 Å². The number of anilines is 1. The molecule has 0 saturated carbocycles. The summed E-state index contributed by atoms with van der Waals surface area (Å²) in [6, 6.07) is 24.3. The number of hydrogen-bond acceptors (Lipinski definition) is 2. The van der Waals surface area contributed by atoms with E-state index in [9.17, 15) is 9.59 Å². The molecule has 3 rings (SSSR count). The van der Waals surface area contributed by atoms with Crippen molar-refractivity contribution in [2.75, 3.05) is 11.9 Å². The highest BCUT2D eigenvalue weighted by atomic mass is 16.2. The van der Waals surface area contributed by atoms with Crippen LogP contribution in [0.2, 0.25) is 0 Å². The van der Waals surface area contributed by atoms with Crippen LogP contribution in [0.4, 0.5) is 5.69 Å². The Morgan fingerprint density at radius 2 is 1.42 bits per heavy atom. The van der Waals surface area contributed by atoms with Crippen LogP contribution in [0.3, 0.4) is 0 Å². The highest BCUT2D eigenvalue weighted by molar-refractivity contribution is 6.05. The van der Waals surface area contributed by atoms with Gasteiger partial charge in [-0.1, -0.05) is 48.5 Å². The molecule has 2 N–H and O–H groups in total. The molecule has 0 aliphatic heterocycles. The molecule has 0 unspecified atom stereocenters. The van der Waals surface area contributed by atoms with E-state index in [1.54, 1.807) is 36.4 Å². The molecule has 3 aromatic carbocycles. The van der Waals surface area contributed by atoms with Crippen LogP contribution in [0.15, 0.2) is 78.9 Å². The van der Waals surface area contributed by atoms with Gasteiger partial charge in [-0.05, 0) is 48.4 Å². The number of amides is 2. The van der Waals surface area contributed by atoms with Gasteiger partial charge < -0.3 is 10.6 Å². The number of carbonyl (C=O) groups excluding carboxylic acids is 2. The molecule has 4 nitrogen and oxygen atoms in total. The van der Waals surface area contributed by atoms with Gasteiger partial charge in [0.25, 0.3) is 11.8 Å². The van der Waals surface area contributed by atoms with E-state index in [0.29, 0.717) is 23.4 Å². The first-order chi connectivity index (χ1) is 12.7. The van der Waals surface area contributed by atoms with E-state index in [0.717, 1.165) is 11.1 Å². The first-order valence-electron chi connectivity index (χ1n) is 8.52. The highest BCUT2D eigenvalue weighted by Crippen LogP contribution is 2.20. The summed E-state index contributed by atoms with van der Waals surface area (Å²) >= 11 is 0. The van der Waals surface area contributed by atoms with E-state index in [2.05, 4.69) is 10.6 Å². The minimum Gasteiger partial charge on any atom is -0.352 e. The molecule has 2 amide bonds. The van der Waals surface area contributed by atoms with Gasteiger partial charge in [0.15, 0.2) is 0 Å². The molecule has 0 aliphatic carbocycles. The molecule has 0 heterocycles. The Morgan fingerprint density at radius 1 is 0.731 bits per heavy atom. The Labute approximate surface area is 152 Å². The van der Waals surface area contributed by atoms with Crippen LogP contribution in [-0.2, 0) is 0 Å². The van der Waals surface area contributed by atoms with Crippen molar-refractivity contribution in [2.45, 2.75) is 6.92 Å². The maximum atomic E-state index is 12.5. The molecule has 4 heteroatoms. The van der Waals surface area contributed by atoms with Crippen molar-refractivity contribution in [3.63, 3.8) is 0 Å². The largest absolute Gasteiger partial charge is 0.352 e. The van der Waals surface area contributed by atoms with E-state index in [-0.39, 0.29) is 11.8 Å². The van der Waals surface area contributed by atoms with Crippen molar-refractivity contribution in [3.05, 3.63) is 90.0 Å². The monoisotopic (exact) mass is 344 g/mol. The minimum atomic E-state index is -0.210. The maximum Gasteiger partial charge on any atom is 0.255 e. The molecule has 0 aliphatic rings. The second-order valence-electron chi connectivity index (χ2n) is 5.84. The Kier molecular flexibility index (Phi) is 5.44. The van der Waals surface area contributed by atoms with Crippen molar-refractivity contribution in [3.8, 4) is 11.1 Å². The van der Waals surface area contributed by atoms with Gasteiger partial charge in [0.2, 0.25) is 0 Å². The fourth-order valence-electron chi connectivity index (χ4n) is 2.65. The van der Waals surface area contributed by atoms with Gasteiger partial charge >= 0.3 is 0 Å². The summed E-state index contributed by atoms with van der Waals surface area (Å²) in [5.74, 6) is -0.367. The van der Waals surface area contributed by atoms with Crippen molar-refractivity contribution in [1.82, 2.24) is 5.32 Å². The van der Waals surface area contributed by atoms with Crippen LogP contribution in [0.1, 0.15) is 27.6 Å². The molecule has 26 heavy (non-hydrogen) atoms. The Hall–Kier alpha value is -3.40. The smallest absolute Gasteiger partial charge is 0.255 e. The normalized spacial score (nSPS) is 10.2. The summed E-state index contributed by atoms with van der Waals surface area (Å²) in [7, 11) is 0. The van der Waals surface area contributed by atoms with Crippen molar-refractivity contribution in [1.29, 1.82) is 0 Å². The van der Waals surface area contributed by atoms with Crippen LogP contribution in [0, 0.1) is 0 Å². The summed E-state index contributed by atoms with van der Waals surface area (Å²) in [5.41, 5.74) is 3.83. The Balaban J connectivity index is 1.72. The summed E-state index contributed by atoms with van der Waals surface area (Å²) in [6.45, 7) is 2.42. The van der Waals surface area contributed by atoms with Crippen molar-refractivity contribution >= 4 is 17.5 Å². The molecule has 130 valence electrons. The van der Waals surface area contributed by atoms with Gasteiger partial charge in [-0.3, -0.25) is 9.59 Å². The van der Waals surface area contributed by atoms with Gasteiger partial charge in [0.05, 0.1) is 0 Å². The van der Waals surface area contributed by atoms with Gasteiger partial charge in [0, 0.05) is 23.4 Å². The lowest BCUT2D eigenvalue weighted by Crippen LogP contribution is -2.22. The number of nitrogens with one attached hydrogen (secondary N) is 2. The van der Waals surface area contributed by atoms with E-state index >= 15 is 0 Å². The second kappa shape index (κ2) is 8.12. The average molecular weight is 344 g/mol. The number of carbonyl (C=O) groups is 2. The van der Waals surface area contributed by atoms with Gasteiger partial charge in [-0.2, -0.15) is 0 Å². The molecule has 0 fully saturated rings. The fourth-order valence-corrected chi connectivity index (χ4v) is 2.65. The first kappa shape index (κ1) is 17.4. The molecule has 0 saturated heterocycles. The van der Waals surface area contributed by atoms with Crippen LogP contribution >= 0.6 is 0 Å². The fraction of sp³-hybridized carbons (Fsp3) is 0.0909. The van der Waals surface area contributed by atoms with E-state index in [1.807, 2.05) is 49.4 Å². The lowest BCUT2D eigenvalue weighted by Gasteiger charge is -2.08. The molecule has 3 aromatic rings. The maximum absolute atomic E-state index is 12.5. The van der Waals surface area contributed by atoms with Crippen LogP contribution < -0.4 is 10.6 Å². The molecular formula is C22H20N2O2. The van der Waals surface area contributed by atoms with Crippen molar-refractivity contribution < 1.29 is 9.59 Å². The highest BCUT2D eigenvalue weighted by Gasteiger charge is 2.09. The van der Waals surface area contributed by atoms with Gasteiger partial charge in [0.1, 0.15) is 0 Å². The Bertz CT molecular complexity index is 903. The van der Waals surface area contributed by atoms with Crippen LogP contribution in [0.25, 0.3) is 11.1 Å². The zero-order chi connectivity index (χ0) is 18.4. The predicted molar refractivity (Wildman–Crippen MR) is 104 cm³/mol. The van der Waals surface area contributed by atoms with Crippen molar-refractivity contribution in [2.24, 2.45) is 0 Å². The number of hydrogen-bond donors (Lipinski definition) is 2. The third-order valence-electron chi connectivity index (χ3n) is 3.97. The summed E-state index contributed by atoms with van der Waals surface area (Å²) < 4.78 is 0. The molecular weight excluding hydrogens is 324 g/mol. The van der Waals surface area contributed by atoms with E-state index < -0.39 is 0 Å². The summed E-state index contributed by atoms with van der Waals surface area (Å²) in [6.07, 6.45) is 0. The first-order valence-corrected chi connectivity index (χ1v) is 8.52. The van der Waals surface area contributed by atoms with Crippen LogP contribution in [0.5, 0.6) is 0 Å². The summed E-state index contributed by atoms with van der Waals surface area (Å²) in [5, 5.41) is 5.58. The standard InChI is InChI=1S/C22H20N2O2/c1-2-23-21(25)19-9-6-10-20(15-19)24-22(26)18-13-11-17(12-14-18)16-7-4-3-5-8-16/h3-15H,2H2,1H3,(H,23,25)(H,24,26). The topological polar surface area (TPSA) is 58.2 Å². The lowest BCUT2D eigenvalue weighted by molar-refractivity contribution is 0.0954. The third kappa shape index (κ3) is 4.16. The zero-order valence-electron chi connectivity index (χ0n) is 14.5.